The van der Waals surface area contributed by atoms with Crippen LogP contribution in [0.15, 0.2) is 42.5 Å². The van der Waals surface area contributed by atoms with Crippen molar-refractivity contribution >= 4 is 46.5 Å². The second-order valence-corrected chi connectivity index (χ2v) is 9.31. The molecule has 4 heterocycles. The molecule has 7 nitrogen and oxygen atoms in total. The maximum Gasteiger partial charge on any atom is 0.250 e. The predicted molar refractivity (Wildman–Crippen MR) is 117 cm³/mol. The van der Waals surface area contributed by atoms with E-state index in [4.69, 9.17) is 11.6 Å². The molecule has 2 aromatic carbocycles. The molecule has 162 valence electrons. The van der Waals surface area contributed by atoms with Crippen molar-refractivity contribution in [3.63, 3.8) is 0 Å². The van der Waals surface area contributed by atoms with Crippen LogP contribution >= 0.6 is 11.6 Å². The van der Waals surface area contributed by atoms with Gasteiger partial charge in [-0.3, -0.25) is 24.1 Å². The number of para-hydroxylation sites is 1. The molecule has 0 bridgehead atoms. The fourth-order valence-corrected chi connectivity index (χ4v) is 6.52. The van der Waals surface area contributed by atoms with Crippen molar-refractivity contribution in [2.45, 2.75) is 31.3 Å². The summed E-state index contributed by atoms with van der Waals surface area (Å²) in [5.74, 6) is -2.49. The van der Waals surface area contributed by atoms with E-state index in [1.807, 2.05) is 6.07 Å². The third-order valence-electron chi connectivity index (χ3n) is 7.51. The monoisotopic (exact) mass is 449 g/mol. The second kappa shape index (κ2) is 6.49. The number of nitrogens with one attached hydrogen (secondary N) is 1. The molecule has 0 aromatic heterocycles. The van der Waals surface area contributed by atoms with Crippen LogP contribution in [0.25, 0.3) is 0 Å². The van der Waals surface area contributed by atoms with E-state index in [1.165, 1.54) is 11.8 Å². The molecule has 2 aromatic rings. The fraction of sp³-hybridized carbons (Fsp3) is 0.333. The first-order valence-corrected chi connectivity index (χ1v) is 11.1. The van der Waals surface area contributed by atoms with Crippen LogP contribution in [-0.2, 0) is 19.9 Å². The molecule has 1 spiro atoms. The van der Waals surface area contributed by atoms with Crippen molar-refractivity contribution in [3.05, 3.63) is 58.6 Å². The number of amides is 3. The number of carbonyl (C=O) groups excluding carboxylic acids is 4. The first-order valence-electron chi connectivity index (χ1n) is 10.7. The summed E-state index contributed by atoms with van der Waals surface area (Å²) in [5.41, 5.74) is 0.876. The topological polar surface area (TPSA) is 86.8 Å². The number of ketones is 1. The Hall–Kier alpha value is -3.03. The van der Waals surface area contributed by atoms with Crippen LogP contribution in [0.5, 0.6) is 0 Å². The van der Waals surface area contributed by atoms with Crippen molar-refractivity contribution in [3.8, 4) is 0 Å². The molecule has 0 saturated carbocycles. The van der Waals surface area contributed by atoms with Gasteiger partial charge in [-0.2, -0.15) is 0 Å². The zero-order chi connectivity index (χ0) is 22.4. The minimum absolute atomic E-state index is 0.0934. The SMILES string of the molecule is CC(=O)c1ccc(N2C(=O)[C@H]3[C@@H](C2=O)[C@]2(C(=O)Nc4c(Cl)cccc42)N2CCC[C@@H]32)cc1. The highest BCUT2D eigenvalue weighted by Crippen LogP contribution is 2.61. The van der Waals surface area contributed by atoms with Crippen LogP contribution in [0, 0.1) is 11.8 Å². The molecule has 32 heavy (non-hydrogen) atoms. The quantitative estimate of drug-likeness (QED) is 0.562. The van der Waals surface area contributed by atoms with E-state index in [0.717, 1.165) is 12.8 Å². The van der Waals surface area contributed by atoms with Crippen molar-refractivity contribution in [2.75, 3.05) is 16.8 Å². The van der Waals surface area contributed by atoms with Gasteiger partial charge in [-0.25, -0.2) is 4.90 Å². The van der Waals surface area contributed by atoms with Gasteiger partial charge in [-0.05, 0) is 56.6 Å². The molecule has 3 amide bonds. The van der Waals surface area contributed by atoms with E-state index < -0.39 is 17.4 Å². The lowest BCUT2D eigenvalue weighted by atomic mass is 9.75. The fourth-order valence-electron chi connectivity index (χ4n) is 6.29. The average Bonchev–Trinajstić information content (AvgIpc) is 3.47. The lowest BCUT2D eigenvalue weighted by Gasteiger charge is -2.36. The average molecular weight is 450 g/mol. The maximum absolute atomic E-state index is 13.8. The summed E-state index contributed by atoms with van der Waals surface area (Å²) in [7, 11) is 0. The Bertz CT molecular complexity index is 1230. The highest BCUT2D eigenvalue weighted by molar-refractivity contribution is 6.35. The van der Waals surface area contributed by atoms with Gasteiger partial charge in [0.1, 0.15) is 5.54 Å². The molecule has 1 N–H and O–H groups in total. The molecule has 3 saturated heterocycles. The molecule has 8 heteroatoms. The number of rotatable bonds is 2. The van der Waals surface area contributed by atoms with Gasteiger partial charge >= 0.3 is 0 Å². The Morgan fingerprint density at radius 1 is 1.09 bits per heavy atom. The lowest BCUT2D eigenvalue weighted by Crippen LogP contribution is -2.54. The van der Waals surface area contributed by atoms with Crippen molar-refractivity contribution < 1.29 is 19.2 Å². The van der Waals surface area contributed by atoms with Crippen molar-refractivity contribution in [1.82, 2.24) is 4.90 Å². The van der Waals surface area contributed by atoms with Crippen LogP contribution in [0.4, 0.5) is 11.4 Å². The standard InChI is InChI=1S/C24H20ClN3O4/c1-12(29)13-7-9-14(10-8-13)28-21(30)18-17-6-3-11-27(17)24(19(18)22(28)31)15-4-2-5-16(25)20(15)26-23(24)32/h2,4-5,7-10,17-19H,3,6,11H2,1H3,(H,26,32)/t17-,18+,19-,24+/m0/s1. The zero-order valence-corrected chi connectivity index (χ0v) is 18.1. The Labute approximate surface area is 189 Å². The summed E-state index contributed by atoms with van der Waals surface area (Å²) in [6, 6.07) is 11.6. The molecule has 0 unspecified atom stereocenters. The zero-order valence-electron chi connectivity index (χ0n) is 17.3. The Morgan fingerprint density at radius 2 is 1.84 bits per heavy atom. The van der Waals surface area contributed by atoms with Gasteiger partial charge in [0.2, 0.25) is 11.8 Å². The number of imide groups is 1. The first kappa shape index (κ1) is 19.6. The highest BCUT2D eigenvalue weighted by atomic mass is 35.5. The Kier molecular flexibility index (Phi) is 3.99. The normalized spacial score (nSPS) is 30.6. The summed E-state index contributed by atoms with van der Waals surface area (Å²) in [6.45, 7) is 2.11. The van der Waals surface area contributed by atoms with Gasteiger partial charge in [0.05, 0.1) is 28.2 Å². The van der Waals surface area contributed by atoms with E-state index in [2.05, 4.69) is 10.2 Å². The highest BCUT2D eigenvalue weighted by Gasteiger charge is 2.74. The first-order chi connectivity index (χ1) is 15.4. The minimum atomic E-state index is -1.24. The summed E-state index contributed by atoms with van der Waals surface area (Å²) >= 11 is 6.39. The van der Waals surface area contributed by atoms with Crippen LogP contribution in [-0.4, -0.2) is 41.0 Å². The van der Waals surface area contributed by atoms with Crippen LogP contribution < -0.4 is 10.2 Å². The van der Waals surface area contributed by atoms with E-state index in [-0.39, 0.29) is 29.5 Å². The largest absolute Gasteiger partial charge is 0.323 e. The molecule has 4 aliphatic heterocycles. The number of nitrogens with zero attached hydrogens (tertiary/aromatic N) is 2. The smallest absolute Gasteiger partial charge is 0.250 e. The lowest BCUT2D eigenvalue weighted by molar-refractivity contribution is -0.135. The van der Waals surface area contributed by atoms with E-state index in [1.54, 1.807) is 36.4 Å². The van der Waals surface area contributed by atoms with Crippen LogP contribution in [0.3, 0.4) is 0 Å². The Balaban J connectivity index is 1.52. The van der Waals surface area contributed by atoms with Gasteiger partial charge in [0, 0.05) is 17.2 Å². The molecular weight excluding hydrogens is 430 g/mol. The van der Waals surface area contributed by atoms with E-state index in [9.17, 15) is 19.2 Å². The van der Waals surface area contributed by atoms with Crippen LogP contribution in [0.1, 0.15) is 35.7 Å². The second-order valence-electron chi connectivity index (χ2n) is 8.90. The number of carbonyl (C=O) groups is 4. The molecule has 0 radical (unpaired) electrons. The summed E-state index contributed by atoms with van der Waals surface area (Å²) in [5, 5.41) is 3.32. The number of benzene rings is 2. The molecule has 0 aliphatic carbocycles. The number of anilines is 2. The van der Waals surface area contributed by atoms with Crippen molar-refractivity contribution in [2.24, 2.45) is 11.8 Å². The van der Waals surface area contributed by atoms with E-state index in [0.29, 0.717) is 34.1 Å². The number of halogens is 1. The number of hydrogen-bond donors (Lipinski definition) is 1. The number of hydrogen-bond acceptors (Lipinski definition) is 5. The summed E-state index contributed by atoms with van der Waals surface area (Å²) in [6.07, 6.45) is 1.61. The van der Waals surface area contributed by atoms with Gasteiger partial charge in [-0.1, -0.05) is 23.7 Å². The third-order valence-corrected chi connectivity index (χ3v) is 7.82. The summed E-state index contributed by atoms with van der Waals surface area (Å²) < 4.78 is 0. The summed E-state index contributed by atoms with van der Waals surface area (Å²) in [4.78, 5) is 56.0. The van der Waals surface area contributed by atoms with Crippen LogP contribution in [0.2, 0.25) is 5.02 Å². The molecule has 4 aliphatic rings. The number of Topliss-reactive ketones (excluding diaryl/α,β-unsaturated/α-hetero) is 1. The van der Waals surface area contributed by atoms with E-state index >= 15 is 0 Å². The van der Waals surface area contributed by atoms with Crippen molar-refractivity contribution in [1.29, 1.82) is 0 Å². The van der Waals surface area contributed by atoms with Gasteiger partial charge < -0.3 is 5.32 Å². The van der Waals surface area contributed by atoms with Gasteiger partial charge in [0.25, 0.3) is 5.91 Å². The minimum Gasteiger partial charge on any atom is -0.323 e. The molecule has 6 rings (SSSR count). The molecule has 4 atom stereocenters. The Morgan fingerprint density at radius 3 is 2.56 bits per heavy atom. The predicted octanol–water partition coefficient (Wildman–Crippen LogP) is 2.97. The molecule has 3 fully saturated rings. The van der Waals surface area contributed by atoms with Gasteiger partial charge in [0.15, 0.2) is 5.78 Å². The number of fused-ring (bicyclic) bond motifs is 7. The third kappa shape index (κ3) is 2.20. The maximum atomic E-state index is 13.8. The van der Waals surface area contributed by atoms with Gasteiger partial charge in [-0.15, -0.1) is 0 Å². The molecular formula is C24H20ClN3O4.